The van der Waals surface area contributed by atoms with Crippen LogP contribution in [0.2, 0.25) is 5.15 Å². The first-order chi connectivity index (χ1) is 7.68. The first kappa shape index (κ1) is 10.8. The zero-order chi connectivity index (χ0) is 11.5. The summed E-state index contributed by atoms with van der Waals surface area (Å²) in [4.78, 5) is 3.91. The fraction of sp³-hybridized carbons (Fsp3) is 0.200. The van der Waals surface area contributed by atoms with E-state index in [0.29, 0.717) is 10.8 Å². The molecule has 0 atom stereocenters. The molecule has 2 aromatic rings. The highest BCUT2D eigenvalue weighted by Crippen LogP contribution is 2.26. The molecule has 0 saturated heterocycles. The molecular formula is C10H10ClN5. The van der Waals surface area contributed by atoms with Crippen LogP contribution < -0.4 is 0 Å². The number of H-pyrrole nitrogens is 1. The zero-order valence-electron chi connectivity index (χ0n) is 8.90. The molecule has 2 rings (SSSR count). The summed E-state index contributed by atoms with van der Waals surface area (Å²) in [5.74, 6) is 0. The Morgan fingerprint density at radius 1 is 1.31 bits per heavy atom. The lowest BCUT2D eigenvalue weighted by atomic mass is 10.3. The van der Waals surface area contributed by atoms with Crippen molar-refractivity contribution in [3.63, 3.8) is 0 Å². The fourth-order valence-corrected chi connectivity index (χ4v) is 1.41. The molecule has 0 aliphatic carbocycles. The summed E-state index contributed by atoms with van der Waals surface area (Å²) < 4.78 is 0. The van der Waals surface area contributed by atoms with Crippen molar-refractivity contribution in [2.75, 3.05) is 0 Å². The van der Waals surface area contributed by atoms with E-state index in [9.17, 15) is 0 Å². The topological polar surface area (TPSA) is 66.3 Å². The fourth-order valence-electron chi connectivity index (χ4n) is 1.25. The molecule has 0 radical (unpaired) electrons. The summed E-state index contributed by atoms with van der Waals surface area (Å²) in [5.41, 5.74) is 2.96. The third-order valence-corrected chi connectivity index (χ3v) is 2.38. The summed E-state index contributed by atoms with van der Waals surface area (Å²) in [6, 6.07) is 3.51. The Bertz CT molecular complexity index is 512. The largest absolute Gasteiger partial charge is 0.280 e. The number of halogens is 1. The molecule has 0 spiro atoms. The molecule has 5 nitrogen and oxygen atoms in total. The Labute approximate surface area is 97.6 Å². The van der Waals surface area contributed by atoms with E-state index in [2.05, 4.69) is 25.4 Å². The Kier molecular flexibility index (Phi) is 2.96. The predicted octanol–water partition coefficient (Wildman–Crippen LogP) is 3.49. The molecule has 0 aromatic carbocycles. The number of nitrogens with zero attached hydrogens (tertiary/aromatic N) is 4. The number of hydrogen-bond donors (Lipinski definition) is 1. The lowest BCUT2D eigenvalue weighted by Gasteiger charge is -1.94. The number of hydrogen-bond acceptors (Lipinski definition) is 4. The van der Waals surface area contributed by atoms with Crippen LogP contribution in [0.1, 0.15) is 11.4 Å². The summed E-state index contributed by atoms with van der Waals surface area (Å²) in [5, 5.41) is 15.3. The number of aromatic nitrogens is 3. The summed E-state index contributed by atoms with van der Waals surface area (Å²) in [6.45, 7) is 3.75. The molecular weight excluding hydrogens is 226 g/mol. The molecule has 16 heavy (non-hydrogen) atoms. The summed E-state index contributed by atoms with van der Waals surface area (Å²) >= 11 is 5.86. The van der Waals surface area contributed by atoms with E-state index in [4.69, 9.17) is 11.6 Å². The van der Waals surface area contributed by atoms with Gasteiger partial charge in [0.15, 0.2) is 5.15 Å². The standard InChI is InChI=1S/C10H10ClN5/c1-6-9(7(2)14-13-6)16-15-8-4-3-5-12-10(8)11/h3-5H,1-2H3,(H,13,14). The van der Waals surface area contributed by atoms with Crippen molar-refractivity contribution < 1.29 is 0 Å². The van der Waals surface area contributed by atoms with Gasteiger partial charge in [0, 0.05) is 6.20 Å². The van der Waals surface area contributed by atoms with Crippen molar-refractivity contribution in [1.82, 2.24) is 15.2 Å². The van der Waals surface area contributed by atoms with Crippen molar-refractivity contribution in [2.45, 2.75) is 13.8 Å². The number of aromatic amines is 1. The number of aryl methyl sites for hydroxylation is 2. The Balaban J connectivity index is 2.32. The molecule has 6 heteroatoms. The smallest absolute Gasteiger partial charge is 0.156 e. The molecule has 1 N–H and O–H groups in total. The van der Waals surface area contributed by atoms with Crippen LogP contribution >= 0.6 is 11.6 Å². The first-order valence-electron chi connectivity index (χ1n) is 4.72. The molecule has 2 aromatic heterocycles. The lowest BCUT2D eigenvalue weighted by molar-refractivity contribution is 1.02. The highest BCUT2D eigenvalue weighted by atomic mass is 35.5. The third kappa shape index (κ3) is 2.09. The Hall–Kier alpha value is -1.75. The van der Waals surface area contributed by atoms with Gasteiger partial charge < -0.3 is 0 Å². The van der Waals surface area contributed by atoms with E-state index in [-0.39, 0.29) is 0 Å². The van der Waals surface area contributed by atoms with Gasteiger partial charge in [0.1, 0.15) is 11.4 Å². The minimum absolute atomic E-state index is 0.338. The second kappa shape index (κ2) is 4.40. The van der Waals surface area contributed by atoms with Crippen LogP contribution in [-0.4, -0.2) is 15.2 Å². The van der Waals surface area contributed by atoms with E-state index in [1.165, 1.54) is 0 Å². The van der Waals surface area contributed by atoms with Crippen LogP contribution in [0.5, 0.6) is 0 Å². The molecule has 0 bridgehead atoms. The summed E-state index contributed by atoms with van der Waals surface area (Å²) in [6.07, 6.45) is 1.61. The van der Waals surface area contributed by atoms with Gasteiger partial charge in [-0.3, -0.25) is 5.10 Å². The predicted molar refractivity (Wildman–Crippen MR) is 61.5 cm³/mol. The molecule has 0 amide bonds. The van der Waals surface area contributed by atoms with Gasteiger partial charge in [-0.1, -0.05) is 11.6 Å². The number of pyridine rings is 1. The van der Waals surface area contributed by atoms with Crippen LogP contribution in [0, 0.1) is 13.8 Å². The van der Waals surface area contributed by atoms with Crippen LogP contribution in [0.15, 0.2) is 28.6 Å². The number of azo groups is 1. The van der Waals surface area contributed by atoms with Crippen molar-refractivity contribution in [3.8, 4) is 0 Å². The minimum Gasteiger partial charge on any atom is -0.280 e. The third-order valence-electron chi connectivity index (χ3n) is 2.09. The number of nitrogens with one attached hydrogen (secondary N) is 1. The minimum atomic E-state index is 0.338. The highest BCUT2D eigenvalue weighted by molar-refractivity contribution is 6.31. The van der Waals surface area contributed by atoms with Gasteiger partial charge in [-0.05, 0) is 26.0 Å². The highest BCUT2D eigenvalue weighted by Gasteiger charge is 2.05. The van der Waals surface area contributed by atoms with Gasteiger partial charge in [-0.2, -0.15) is 5.10 Å². The molecule has 0 saturated carbocycles. The van der Waals surface area contributed by atoms with Gasteiger partial charge in [0.2, 0.25) is 0 Å². The maximum atomic E-state index is 5.86. The van der Waals surface area contributed by atoms with E-state index < -0.39 is 0 Å². The van der Waals surface area contributed by atoms with E-state index in [1.54, 1.807) is 18.3 Å². The van der Waals surface area contributed by atoms with Gasteiger partial charge in [0.05, 0.1) is 11.4 Å². The van der Waals surface area contributed by atoms with Crippen LogP contribution in [0.3, 0.4) is 0 Å². The molecule has 2 heterocycles. The van der Waals surface area contributed by atoms with Crippen molar-refractivity contribution in [1.29, 1.82) is 0 Å². The normalized spacial score (nSPS) is 11.2. The average Bonchev–Trinajstić information content (AvgIpc) is 2.58. The molecule has 0 aliphatic rings. The average molecular weight is 236 g/mol. The van der Waals surface area contributed by atoms with E-state index in [1.807, 2.05) is 13.8 Å². The Morgan fingerprint density at radius 2 is 2.12 bits per heavy atom. The van der Waals surface area contributed by atoms with Crippen LogP contribution in [0.25, 0.3) is 0 Å². The van der Waals surface area contributed by atoms with Gasteiger partial charge in [0.25, 0.3) is 0 Å². The van der Waals surface area contributed by atoms with Gasteiger partial charge >= 0.3 is 0 Å². The van der Waals surface area contributed by atoms with Crippen LogP contribution in [-0.2, 0) is 0 Å². The van der Waals surface area contributed by atoms with Crippen molar-refractivity contribution in [3.05, 3.63) is 34.9 Å². The quantitative estimate of drug-likeness (QED) is 0.640. The van der Waals surface area contributed by atoms with E-state index in [0.717, 1.165) is 17.1 Å². The Morgan fingerprint density at radius 3 is 2.75 bits per heavy atom. The van der Waals surface area contributed by atoms with Crippen molar-refractivity contribution >= 4 is 23.0 Å². The van der Waals surface area contributed by atoms with Crippen molar-refractivity contribution in [2.24, 2.45) is 10.2 Å². The molecule has 0 fully saturated rings. The number of rotatable bonds is 2. The second-order valence-corrected chi connectivity index (χ2v) is 3.65. The second-order valence-electron chi connectivity index (χ2n) is 3.30. The first-order valence-corrected chi connectivity index (χ1v) is 5.10. The molecule has 82 valence electrons. The SMILES string of the molecule is Cc1n[nH]c(C)c1N=Nc1cccnc1Cl. The van der Waals surface area contributed by atoms with Gasteiger partial charge in [-0.25, -0.2) is 4.98 Å². The zero-order valence-corrected chi connectivity index (χ0v) is 9.65. The lowest BCUT2D eigenvalue weighted by Crippen LogP contribution is -1.73. The molecule has 0 aliphatic heterocycles. The maximum Gasteiger partial charge on any atom is 0.156 e. The summed E-state index contributed by atoms with van der Waals surface area (Å²) in [7, 11) is 0. The van der Waals surface area contributed by atoms with Crippen LogP contribution in [0.4, 0.5) is 11.4 Å². The maximum absolute atomic E-state index is 5.86. The van der Waals surface area contributed by atoms with Gasteiger partial charge in [-0.15, -0.1) is 10.2 Å². The monoisotopic (exact) mass is 235 g/mol. The van der Waals surface area contributed by atoms with E-state index >= 15 is 0 Å². The molecule has 0 unspecified atom stereocenters.